The van der Waals surface area contributed by atoms with Crippen LogP contribution in [0.25, 0.3) is 0 Å². The maximum absolute atomic E-state index is 12.2. The molecule has 0 saturated carbocycles. The SMILES string of the molecule is CCCN(CC(=O)OC)C(=O)c1cccc(C)n1. The topological polar surface area (TPSA) is 59.5 Å². The minimum absolute atomic E-state index is 0.0429. The van der Waals surface area contributed by atoms with Crippen molar-refractivity contribution in [3.05, 3.63) is 29.6 Å². The predicted octanol–water partition coefficient (Wildman–Crippen LogP) is 1.42. The molecule has 0 aliphatic carbocycles. The van der Waals surface area contributed by atoms with Gasteiger partial charge in [0.1, 0.15) is 12.2 Å². The average molecular weight is 250 g/mol. The third kappa shape index (κ3) is 3.84. The van der Waals surface area contributed by atoms with Crippen LogP contribution in [0.3, 0.4) is 0 Å². The van der Waals surface area contributed by atoms with E-state index in [9.17, 15) is 9.59 Å². The van der Waals surface area contributed by atoms with Gasteiger partial charge in [-0.3, -0.25) is 9.59 Å². The molecular formula is C13H18N2O3. The molecule has 0 spiro atoms. The number of aryl methyl sites for hydroxylation is 1. The molecule has 0 unspecified atom stereocenters. The zero-order valence-electron chi connectivity index (χ0n) is 11.0. The number of ether oxygens (including phenoxy) is 1. The number of hydrogen-bond acceptors (Lipinski definition) is 4. The minimum Gasteiger partial charge on any atom is -0.468 e. The molecule has 1 heterocycles. The molecule has 18 heavy (non-hydrogen) atoms. The molecule has 1 aromatic rings. The van der Waals surface area contributed by atoms with Gasteiger partial charge in [0.2, 0.25) is 0 Å². The normalized spacial score (nSPS) is 9.94. The van der Waals surface area contributed by atoms with Gasteiger partial charge >= 0.3 is 5.97 Å². The van der Waals surface area contributed by atoms with Gasteiger partial charge in [-0.1, -0.05) is 13.0 Å². The van der Waals surface area contributed by atoms with Crippen molar-refractivity contribution in [3.8, 4) is 0 Å². The van der Waals surface area contributed by atoms with Crippen LogP contribution in [0.15, 0.2) is 18.2 Å². The molecule has 5 heteroatoms. The lowest BCUT2D eigenvalue weighted by atomic mass is 10.2. The van der Waals surface area contributed by atoms with Gasteiger partial charge in [-0.2, -0.15) is 0 Å². The van der Waals surface area contributed by atoms with Crippen molar-refractivity contribution in [2.45, 2.75) is 20.3 Å². The molecule has 0 atom stereocenters. The molecule has 0 N–H and O–H groups in total. The van der Waals surface area contributed by atoms with E-state index >= 15 is 0 Å². The van der Waals surface area contributed by atoms with Gasteiger partial charge in [-0.25, -0.2) is 4.98 Å². The van der Waals surface area contributed by atoms with Gasteiger partial charge in [0.25, 0.3) is 5.91 Å². The Morgan fingerprint density at radius 3 is 2.67 bits per heavy atom. The second-order valence-corrected chi connectivity index (χ2v) is 3.97. The summed E-state index contributed by atoms with van der Waals surface area (Å²) in [6, 6.07) is 5.24. The van der Waals surface area contributed by atoms with E-state index in [0.29, 0.717) is 12.2 Å². The van der Waals surface area contributed by atoms with E-state index in [1.165, 1.54) is 12.0 Å². The number of esters is 1. The lowest BCUT2D eigenvalue weighted by Gasteiger charge is -2.20. The molecule has 1 rings (SSSR count). The van der Waals surface area contributed by atoms with Crippen molar-refractivity contribution in [1.29, 1.82) is 0 Å². The molecule has 0 aliphatic rings. The highest BCUT2D eigenvalue weighted by Crippen LogP contribution is 2.05. The smallest absolute Gasteiger partial charge is 0.325 e. The van der Waals surface area contributed by atoms with E-state index < -0.39 is 5.97 Å². The minimum atomic E-state index is -0.426. The molecule has 5 nitrogen and oxygen atoms in total. The summed E-state index contributed by atoms with van der Waals surface area (Å²) >= 11 is 0. The number of rotatable bonds is 5. The van der Waals surface area contributed by atoms with Gasteiger partial charge in [-0.15, -0.1) is 0 Å². The fraction of sp³-hybridized carbons (Fsp3) is 0.462. The Morgan fingerprint density at radius 1 is 1.39 bits per heavy atom. The Kier molecular flexibility index (Phi) is 5.30. The summed E-state index contributed by atoms with van der Waals surface area (Å²) in [6.45, 7) is 4.23. The van der Waals surface area contributed by atoms with E-state index in [4.69, 9.17) is 0 Å². The second kappa shape index (κ2) is 6.74. The van der Waals surface area contributed by atoms with Crippen LogP contribution in [-0.2, 0) is 9.53 Å². The van der Waals surface area contributed by atoms with Crippen LogP contribution < -0.4 is 0 Å². The lowest BCUT2D eigenvalue weighted by molar-refractivity contribution is -0.141. The number of hydrogen-bond donors (Lipinski definition) is 0. The van der Waals surface area contributed by atoms with Gasteiger partial charge < -0.3 is 9.64 Å². The van der Waals surface area contributed by atoms with Crippen LogP contribution in [0.5, 0.6) is 0 Å². The number of methoxy groups -OCH3 is 1. The quantitative estimate of drug-likeness (QED) is 0.741. The number of pyridine rings is 1. The van der Waals surface area contributed by atoms with E-state index in [0.717, 1.165) is 12.1 Å². The van der Waals surface area contributed by atoms with Crippen molar-refractivity contribution in [1.82, 2.24) is 9.88 Å². The number of amides is 1. The first-order chi connectivity index (χ1) is 8.58. The molecule has 0 fully saturated rings. The average Bonchev–Trinajstić information content (AvgIpc) is 2.37. The fourth-order valence-electron chi connectivity index (χ4n) is 1.57. The highest BCUT2D eigenvalue weighted by molar-refractivity contribution is 5.94. The molecule has 0 bridgehead atoms. The first-order valence-corrected chi connectivity index (χ1v) is 5.88. The zero-order chi connectivity index (χ0) is 13.5. The van der Waals surface area contributed by atoms with Crippen molar-refractivity contribution < 1.29 is 14.3 Å². The predicted molar refractivity (Wildman–Crippen MR) is 67.2 cm³/mol. The van der Waals surface area contributed by atoms with Gasteiger partial charge in [-0.05, 0) is 25.5 Å². The lowest BCUT2D eigenvalue weighted by Crippen LogP contribution is -2.37. The Balaban J connectivity index is 2.85. The van der Waals surface area contributed by atoms with E-state index in [-0.39, 0.29) is 12.5 Å². The second-order valence-electron chi connectivity index (χ2n) is 3.97. The summed E-state index contributed by atoms with van der Waals surface area (Å²) in [6.07, 6.45) is 0.772. The summed E-state index contributed by atoms with van der Waals surface area (Å²) in [4.78, 5) is 29.1. The highest BCUT2D eigenvalue weighted by Gasteiger charge is 2.19. The maximum Gasteiger partial charge on any atom is 0.325 e. The number of nitrogens with zero attached hydrogens (tertiary/aromatic N) is 2. The van der Waals surface area contributed by atoms with Gasteiger partial charge in [0.15, 0.2) is 0 Å². The molecule has 0 aliphatic heterocycles. The van der Waals surface area contributed by atoms with Crippen molar-refractivity contribution in [2.24, 2.45) is 0 Å². The van der Waals surface area contributed by atoms with Gasteiger partial charge in [0, 0.05) is 12.2 Å². The van der Waals surface area contributed by atoms with E-state index in [2.05, 4.69) is 9.72 Å². The molecule has 0 saturated heterocycles. The Morgan fingerprint density at radius 2 is 2.11 bits per heavy atom. The number of carbonyl (C=O) groups is 2. The van der Waals surface area contributed by atoms with Crippen LogP contribution in [0, 0.1) is 6.92 Å². The molecule has 0 aromatic carbocycles. The highest BCUT2D eigenvalue weighted by atomic mass is 16.5. The molecular weight excluding hydrogens is 232 g/mol. The van der Waals surface area contributed by atoms with E-state index in [1.807, 2.05) is 19.9 Å². The third-order valence-electron chi connectivity index (χ3n) is 2.44. The van der Waals surface area contributed by atoms with Gasteiger partial charge in [0.05, 0.1) is 7.11 Å². The summed E-state index contributed by atoms with van der Waals surface area (Å²) in [5, 5.41) is 0. The largest absolute Gasteiger partial charge is 0.468 e. The van der Waals surface area contributed by atoms with Crippen LogP contribution in [0.1, 0.15) is 29.5 Å². The number of aromatic nitrogens is 1. The monoisotopic (exact) mass is 250 g/mol. The van der Waals surface area contributed by atoms with Crippen LogP contribution in [0.2, 0.25) is 0 Å². The van der Waals surface area contributed by atoms with Crippen LogP contribution in [0.4, 0.5) is 0 Å². The summed E-state index contributed by atoms with van der Waals surface area (Å²) in [5.74, 6) is -0.671. The van der Waals surface area contributed by atoms with Crippen LogP contribution >= 0.6 is 0 Å². The molecule has 98 valence electrons. The Bertz CT molecular complexity index is 432. The molecule has 0 radical (unpaired) electrons. The fourth-order valence-corrected chi connectivity index (χ4v) is 1.57. The summed E-state index contributed by atoms with van der Waals surface area (Å²) in [7, 11) is 1.31. The molecule has 1 aromatic heterocycles. The van der Waals surface area contributed by atoms with Crippen molar-refractivity contribution in [3.63, 3.8) is 0 Å². The zero-order valence-corrected chi connectivity index (χ0v) is 11.0. The van der Waals surface area contributed by atoms with Crippen molar-refractivity contribution in [2.75, 3.05) is 20.2 Å². The molecule has 1 amide bonds. The summed E-state index contributed by atoms with van der Waals surface area (Å²) in [5.41, 5.74) is 1.13. The third-order valence-corrected chi connectivity index (χ3v) is 2.44. The van der Waals surface area contributed by atoms with E-state index in [1.54, 1.807) is 12.1 Å². The summed E-state index contributed by atoms with van der Waals surface area (Å²) < 4.78 is 4.58. The Labute approximate surface area is 107 Å². The van der Waals surface area contributed by atoms with Crippen molar-refractivity contribution >= 4 is 11.9 Å². The first-order valence-electron chi connectivity index (χ1n) is 5.88. The maximum atomic E-state index is 12.2. The first kappa shape index (κ1) is 14.2. The standard InChI is InChI=1S/C13H18N2O3/c1-4-8-15(9-12(16)18-3)13(17)11-7-5-6-10(2)14-11/h5-7H,4,8-9H2,1-3H3. The van der Waals surface area contributed by atoms with Crippen LogP contribution in [-0.4, -0.2) is 42.0 Å². The number of carbonyl (C=O) groups excluding carboxylic acids is 2. The Hall–Kier alpha value is -1.91.